The van der Waals surface area contributed by atoms with E-state index in [1.165, 1.54) is 6.07 Å². The van der Waals surface area contributed by atoms with Crippen molar-refractivity contribution in [3.63, 3.8) is 0 Å². The van der Waals surface area contributed by atoms with Crippen LogP contribution in [0.25, 0.3) is 0 Å². The Morgan fingerprint density at radius 2 is 1.67 bits per heavy atom. The van der Waals surface area contributed by atoms with Crippen molar-refractivity contribution in [3.05, 3.63) is 59.7 Å². The minimum absolute atomic E-state index is 0.00885. The van der Waals surface area contributed by atoms with Gasteiger partial charge in [-0.05, 0) is 31.0 Å². The number of phenols is 1. The molecule has 0 spiro atoms. The van der Waals surface area contributed by atoms with Gasteiger partial charge in [0, 0.05) is 44.7 Å². The smallest absolute Gasteiger partial charge is 0.257 e. The second kappa shape index (κ2) is 11.5. The van der Waals surface area contributed by atoms with Gasteiger partial charge >= 0.3 is 0 Å². The second-order valence-corrected chi connectivity index (χ2v) is 9.41. The zero-order chi connectivity index (χ0) is 25.7. The fourth-order valence-corrected chi connectivity index (χ4v) is 5.29. The Balaban J connectivity index is 1.53. The van der Waals surface area contributed by atoms with Crippen LogP contribution in [0.3, 0.4) is 0 Å². The monoisotopic (exact) mass is 493 g/mol. The van der Waals surface area contributed by atoms with Gasteiger partial charge in [0.05, 0.1) is 24.6 Å². The number of piperidine rings is 1. The molecule has 4 rings (SSSR count). The highest BCUT2D eigenvalue weighted by Gasteiger charge is 2.43. The van der Waals surface area contributed by atoms with Gasteiger partial charge in [0.25, 0.3) is 5.91 Å². The first kappa shape index (κ1) is 25.5. The molecule has 192 valence electrons. The number of nitrogens with zero attached hydrogens (tertiary/aromatic N) is 3. The summed E-state index contributed by atoms with van der Waals surface area (Å²) in [5.41, 5.74) is 1.13. The van der Waals surface area contributed by atoms with Crippen molar-refractivity contribution in [1.82, 2.24) is 14.7 Å². The maximum Gasteiger partial charge on any atom is 0.257 e. The quantitative estimate of drug-likeness (QED) is 0.638. The Kier molecular flexibility index (Phi) is 8.13. The third-order valence-corrected chi connectivity index (χ3v) is 7.25. The lowest BCUT2D eigenvalue weighted by Crippen LogP contribution is -2.55. The van der Waals surface area contributed by atoms with E-state index in [1.54, 1.807) is 30.2 Å². The first-order valence-electron chi connectivity index (χ1n) is 12.7. The molecule has 2 unspecified atom stereocenters. The summed E-state index contributed by atoms with van der Waals surface area (Å²) in [6.45, 7) is 4.30. The van der Waals surface area contributed by atoms with Gasteiger partial charge in [-0.3, -0.25) is 14.4 Å². The summed E-state index contributed by atoms with van der Waals surface area (Å²) in [4.78, 5) is 45.1. The number of aromatic hydroxyl groups is 1. The lowest BCUT2D eigenvalue weighted by Gasteiger charge is -2.44. The Hall–Kier alpha value is -3.55. The lowest BCUT2D eigenvalue weighted by atomic mass is 9.82. The van der Waals surface area contributed by atoms with E-state index >= 15 is 0 Å². The Labute approximate surface area is 212 Å². The summed E-state index contributed by atoms with van der Waals surface area (Å²) in [5, 5.41) is 10.1. The van der Waals surface area contributed by atoms with E-state index in [-0.39, 0.29) is 41.0 Å². The number of piperazine rings is 1. The van der Waals surface area contributed by atoms with Crippen LogP contribution in [0, 0.1) is 5.92 Å². The molecule has 0 bridgehead atoms. The van der Waals surface area contributed by atoms with Crippen molar-refractivity contribution in [2.75, 3.05) is 39.8 Å². The minimum Gasteiger partial charge on any atom is -0.507 e. The van der Waals surface area contributed by atoms with E-state index < -0.39 is 0 Å². The molecule has 2 fully saturated rings. The molecule has 0 radical (unpaired) electrons. The number of carbonyl (C=O) groups excluding carboxylic acids is 3. The second-order valence-electron chi connectivity index (χ2n) is 9.41. The number of likely N-dealkylation sites (tertiary alicyclic amines) is 1. The summed E-state index contributed by atoms with van der Waals surface area (Å²) in [6, 6.07) is 13.8. The Morgan fingerprint density at radius 1 is 1.00 bits per heavy atom. The molecule has 2 aromatic rings. The topological polar surface area (TPSA) is 90.4 Å². The lowest BCUT2D eigenvalue weighted by molar-refractivity contribution is -0.149. The number of ether oxygens (including phenoxy) is 1. The van der Waals surface area contributed by atoms with Crippen LogP contribution in [0.5, 0.6) is 11.5 Å². The number of para-hydroxylation sites is 2. The van der Waals surface area contributed by atoms with Gasteiger partial charge in [-0.25, -0.2) is 0 Å². The minimum atomic E-state index is -0.387. The van der Waals surface area contributed by atoms with Crippen LogP contribution in [0.4, 0.5) is 0 Å². The molecule has 2 aliphatic rings. The van der Waals surface area contributed by atoms with E-state index in [0.29, 0.717) is 51.3 Å². The number of unbranched alkanes of at least 4 members (excludes halogenated alkanes) is 1. The molecule has 2 aromatic carbocycles. The molecule has 2 atom stereocenters. The summed E-state index contributed by atoms with van der Waals surface area (Å²) in [6.07, 6.45) is 2.65. The third-order valence-electron chi connectivity index (χ3n) is 7.25. The highest BCUT2D eigenvalue weighted by molar-refractivity contribution is 5.97. The molecular weight excluding hydrogens is 458 g/mol. The predicted molar refractivity (Wildman–Crippen MR) is 136 cm³/mol. The highest BCUT2D eigenvalue weighted by Crippen LogP contribution is 2.41. The standard InChI is InChI=1S/C28H35N3O5/c1-3-4-15-31-25(33)14-13-22(26(31)21-10-6-8-12-24(21)36-2)28(35)30-18-16-29(17-19-30)27(34)20-9-5-7-11-23(20)32/h5-12,22,26,32H,3-4,13-19H2,1-2H3. The normalized spacial score (nSPS) is 20.4. The molecule has 0 aliphatic carbocycles. The molecule has 0 saturated carbocycles. The summed E-state index contributed by atoms with van der Waals surface area (Å²) < 4.78 is 5.62. The number of rotatable bonds is 7. The Morgan fingerprint density at radius 3 is 2.36 bits per heavy atom. The fourth-order valence-electron chi connectivity index (χ4n) is 5.29. The summed E-state index contributed by atoms with van der Waals surface area (Å²) in [7, 11) is 1.61. The molecule has 2 saturated heterocycles. The van der Waals surface area contributed by atoms with Crippen LogP contribution in [0.1, 0.15) is 54.6 Å². The van der Waals surface area contributed by atoms with Gasteiger partial charge in [0.15, 0.2) is 0 Å². The van der Waals surface area contributed by atoms with Crippen molar-refractivity contribution < 1.29 is 24.2 Å². The summed E-state index contributed by atoms with van der Waals surface area (Å²) >= 11 is 0. The molecule has 2 heterocycles. The van der Waals surface area contributed by atoms with E-state index in [4.69, 9.17) is 4.74 Å². The molecule has 36 heavy (non-hydrogen) atoms. The predicted octanol–water partition coefficient (Wildman–Crippen LogP) is 3.47. The van der Waals surface area contributed by atoms with E-state index in [1.807, 2.05) is 34.1 Å². The van der Waals surface area contributed by atoms with Crippen molar-refractivity contribution in [1.29, 1.82) is 0 Å². The SMILES string of the molecule is CCCCN1C(=O)CCC(C(=O)N2CCN(C(=O)c3ccccc3O)CC2)C1c1ccccc1OC. The zero-order valence-electron chi connectivity index (χ0n) is 21.1. The first-order valence-corrected chi connectivity index (χ1v) is 12.7. The largest absolute Gasteiger partial charge is 0.507 e. The third kappa shape index (κ3) is 5.17. The van der Waals surface area contributed by atoms with Crippen molar-refractivity contribution in [2.24, 2.45) is 5.92 Å². The molecular formula is C28H35N3O5. The van der Waals surface area contributed by atoms with E-state index in [0.717, 1.165) is 18.4 Å². The number of benzene rings is 2. The van der Waals surface area contributed by atoms with Crippen LogP contribution in [0.2, 0.25) is 0 Å². The molecule has 8 heteroatoms. The Bertz CT molecular complexity index is 1100. The van der Waals surface area contributed by atoms with Crippen LogP contribution in [0.15, 0.2) is 48.5 Å². The summed E-state index contributed by atoms with van der Waals surface area (Å²) in [5.74, 6) is 0.0997. The van der Waals surface area contributed by atoms with Crippen LogP contribution in [-0.4, -0.2) is 77.4 Å². The number of methoxy groups -OCH3 is 1. The number of carbonyl (C=O) groups is 3. The average molecular weight is 494 g/mol. The van der Waals surface area contributed by atoms with Gasteiger partial charge in [-0.15, -0.1) is 0 Å². The number of hydrogen-bond acceptors (Lipinski definition) is 5. The zero-order valence-corrected chi connectivity index (χ0v) is 21.1. The van der Waals surface area contributed by atoms with Gasteiger partial charge in [0.2, 0.25) is 11.8 Å². The molecule has 2 aliphatic heterocycles. The molecule has 8 nitrogen and oxygen atoms in total. The molecule has 1 N–H and O–H groups in total. The molecule has 3 amide bonds. The van der Waals surface area contributed by atoms with Gasteiger partial charge in [0.1, 0.15) is 11.5 Å². The average Bonchev–Trinajstić information content (AvgIpc) is 2.91. The maximum absolute atomic E-state index is 13.9. The number of phenolic OH excluding ortho intramolecular Hbond substituents is 1. The number of amides is 3. The van der Waals surface area contributed by atoms with Gasteiger partial charge in [-0.2, -0.15) is 0 Å². The highest BCUT2D eigenvalue weighted by atomic mass is 16.5. The first-order chi connectivity index (χ1) is 17.5. The molecule has 0 aromatic heterocycles. The fraction of sp³-hybridized carbons (Fsp3) is 0.464. The van der Waals surface area contributed by atoms with E-state index in [2.05, 4.69) is 6.92 Å². The van der Waals surface area contributed by atoms with Crippen LogP contribution < -0.4 is 4.74 Å². The van der Waals surface area contributed by atoms with Crippen molar-refractivity contribution in [2.45, 2.75) is 38.6 Å². The maximum atomic E-state index is 13.9. The van der Waals surface area contributed by atoms with Crippen LogP contribution in [-0.2, 0) is 9.59 Å². The van der Waals surface area contributed by atoms with E-state index in [9.17, 15) is 19.5 Å². The number of hydrogen-bond donors (Lipinski definition) is 1. The van der Waals surface area contributed by atoms with Crippen LogP contribution >= 0.6 is 0 Å². The van der Waals surface area contributed by atoms with Gasteiger partial charge < -0.3 is 24.5 Å². The van der Waals surface area contributed by atoms with Gasteiger partial charge in [-0.1, -0.05) is 43.7 Å². The van der Waals surface area contributed by atoms with Crippen molar-refractivity contribution in [3.8, 4) is 11.5 Å². The van der Waals surface area contributed by atoms with Crippen molar-refractivity contribution >= 4 is 17.7 Å².